The summed E-state index contributed by atoms with van der Waals surface area (Å²) in [5.41, 5.74) is 0.731. The molecule has 1 aromatic heterocycles. The van der Waals surface area contributed by atoms with Crippen molar-refractivity contribution in [3.05, 3.63) is 42.2 Å². The van der Waals surface area contributed by atoms with E-state index in [9.17, 15) is 4.79 Å². The summed E-state index contributed by atoms with van der Waals surface area (Å²) in [6, 6.07) is 8.94. The van der Waals surface area contributed by atoms with Crippen molar-refractivity contribution in [1.82, 2.24) is 15.3 Å². The summed E-state index contributed by atoms with van der Waals surface area (Å²) in [5, 5.41) is 2.76. The number of nitrogens with one attached hydrogen (secondary N) is 1. The van der Waals surface area contributed by atoms with E-state index in [1.165, 1.54) is 0 Å². The number of rotatable bonds is 7. The molecule has 0 radical (unpaired) electrons. The van der Waals surface area contributed by atoms with Gasteiger partial charge in [0, 0.05) is 20.3 Å². The van der Waals surface area contributed by atoms with Gasteiger partial charge in [-0.25, -0.2) is 9.97 Å². The summed E-state index contributed by atoms with van der Waals surface area (Å²) < 4.78 is 10.6. The Morgan fingerprint density at radius 3 is 2.65 bits per heavy atom. The van der Waals surface area contributed by atoms with Crippen molar-refractivity contribution < 1.29 is 14.3 Å². The van der Waals surface area contributed by atoms with Gasteiger partial charge in [-0.3, -0.25) is 4.79 Å². The van der Waals surface area contributed by atoms with Crippen molar-refractivity contribution >= 4 is 11.9 Å². The first-order chi connectivity index (χ1) is 11.1. The number of benzene rings is 1. The van der Waals surface area contributed by atoms with Crippen molar-refractivity contribution in [2.45, 2.75) is 6.54 Å². The number of para-hydroxylation sites is 2. The minimum absolute atomic E-state index is 0.0913. The fraction of sp³-hybridized carbons (Fsp3) is 0.312. The molecule has 1 heterocycles. The molecule has 122 valence electrons. The quantitative estimate of drug-likeness (QED) is 0.828. The highest BCUT2D eigenvalue weighted by Crippen LogP contribution is 2.25. The van der Waals surface area contributed by atoms with Crippen molar-refractivity contribution in [2.24, 2.45) is 0 Å². The third-order valence-corrected chi connectivity index (χ3v) is 3.00. The normalized spacial score (nSPS) is 10.0. The number of carbonyl (C=O) groups excluding carboxylic acids is 1. The van der Waals surface area contributed by atoms with E-state index in [2.05, 4.69) is 15.3 Å². The first-order valence-electron chi connectivity index (χ1n) is 7.12. The number of nitrogens with zero attached hydrogens (tertiary/aromatic N) is 3. The van der Waals surface area contributed by atoms with Crippen LogP contribution in [-0.2, 0) is 11.3 Å². The number of methoxy groups -OCH3 is 1. The molecule has 0 aliphatic rings. The minimum Gasteiger partial charge on any atom is -0.493 e. The summed E-state index contributed by atoms with van der Waals surface area (Å²) >= 11 is 0. The largest absolute Gasteiger partial charge is 0.493 e. The van der Waals surface area contributed by atoms with Crippen LogP contribution >= 0.6 is 0 Å². The van der Waals surface area contributed by atoms with Gasteiger partial charge >= 0.3 is 0 Å². The van der Waals surface area contributed by atoms with Gasteiger partial charge in [0.1, 0.15) is 0 Å². The zero-order valence-electron chi connectivity index (χ0n) is 13.4. The van der Waals surface area contributed by atoms with Crippen LogP contribution in [0.3, 0.4) is 0 Å². The van der Waals surface area contributed by atoms with Gasteiger partial charge in [0.05, 0.1) is 19.3 Å². The molecule has 0 atom stereocenters. The summed E-state index contributed by atoms with van der Waals surface area (Å²) in [6.07, 6.45) is 1.66. The average Bonchev–Trinajstić information content (AvgIpc) is 2.58. The van der Waals surface area contributed by atoms with Gasteiger partial charge < -0.3 is 19.7 Å². The molecule has 0 saturated carbocycles. The zero-order chi connectivity index (χ0) is 16.7. The maximum absolute atomic E-state index is 11.9. The molecule has 0 bridgehead atoms. The average molecular weight is 316 g/mol. The molecule has 1 N–H and O–H groups in total. The Morgan fingerprint density at radius 2 is 1.96 bits per heavy atom. The monoisotopic (exact) mass is 316 g/mol. The third-order valence-electron chi connectivity index (χ3n) is 3.00. The molecule has 0 aliphatic carbocycles. The summed E-state index contributed by atoms with van der Waals surface area (Å²) in [4.78, 5) is 22.1. The fourth-order valence-corrected chi connectivity index (χ4v) is 1.82. The van der Waals surface area contributed by atoms with E-state index in [-0.39, 0.29) is 12.5 Å². The highest BCUT2D eigenvalue weighted by atomic mass is 16.5. The Hall–Kier alpha value is -2.83. The molecule has 2 rings (SSSR count). The van der Waals surface area contributed by atoms with Gasteiger partial charge in [-0.15, -0.1) is 0 Å². The number of hydrogen-bond donors (Lipinski definition) is 1. The van der Waals surface area contributed by atoms with Crippen LogP contribution in [0.1, 0.15) is 5.69 Å². The maximum Gasteiger partial charge on any atom is 0.258 e. The predicted octanol–water partition coefficient (Wildman–Crippen LogP) is 1.25. The van der Waals surface area contributed by atoms with Gasteiger partial charge in [0.15, 0.2) is 18.1 Å². The lowest BCUT2D eigenvalue weighted by Gasteiger charge is -2.12. The van der Waals surface area contributed by atoms with E-state index >= 15 is 0 Å². The van der Waals surface area contributed by atoms with Crippen molar-refractivity contribution in [2.75, 3.05) is 32.7 Å². The first kappa shape index (κ1) is 16.5. The molecule has 1 aromatic carbocycles. The molecule has 0 spiro atoms. The Morgan fingerprint density at radius 1 is 1.22 bits per heavy atom. The van der Waals surface area contributed by atoms with Crippen LogP contribution in [0.25, 0.3) is 0 Å². The molecule has 2 aromatic rings. The molecule has 7 nitrogen and oxygen atoms in total. The van der Waals surface area contributed by atoms with Crippen molar-refractivity contribution in [1.29, 1.82) is 0 Å². The summed E-state index contributed by atoms with van der Waals surface area (Å²) in [6.45, 7) is 0.226. The lowest BCUT2D eigenvalue weighted by Crippen LogP contribution is -2.29. The van der Waals surface area contributed by atoms with Crippen LogP contribution in [-0.4, -0.2) is 43.7 Å². The second-order valence-corrected chi connectivity index (χ2v) is 4.96. The number of anilines is 1. The van der Waals surface area contributed by atoms with E-state index in [1.807, 2.05) is 26.2 Å². The van der Waals surface area contributed by atoms with Crippen LogP contribution in [0.4, 0.5) is 5.95 Å². The van der Waals surface area contributed by atoms with Gasteiger partial charge in [0.2, 0.25) is 5.95 Å². The Balaban J connectivity index is 1.84. The van der Waals surface area contributed by atoms with E-state index in [0.717, 1.165) is 5.69 Å². The van der Waals surface area contributed by atoms with Gasteiger partial charge in [-0.05, 0) is 18.2 Å². The lowest BCUT2D eigenvalue weighted by molar-refractivity contribution is -0.123. The minimum atomic E-state index is -0.235. The Bertz CT molecular complexity index is 661. The molecule has 0 fully saturated rings. The van der Waals surface area contributed by atoms with Crippen molar-refractivity contribution in [3.63, 3.8) is 0 Å². The van der Waals surface area contributed by atoms with Crippen LogP contribution in [0, 0.1) is 0 Å². The number of amides is 1. The van der Waals surface area contributed by atoms with Crippen LogP contribution < -0.4 is 19.7 Å². The maximum atomic E-state index is 11.9. The topological polar surface area (TPSA) is 76.6 Å². The Labute approximate surface area is 135 Å². The SMILES string of the molecule is COc1ccccc1OCC(=O)NCc1ccnc(N(C)C)n1. The third kappa shape index (κ3) is 4.84. The highest BCUT2D eigenvalue weighted by Gasteiger charge is 2.07. The van der Waals surface area contributed by atoms with Crippen LogP contribution in [0.2, 0.25) is 0 Å². The van der Waals surface area contributed by atoms with Gasteiger partial charge in [0.25, 0.3) is 5.91 Å². The predicted molar refractivity (Wildman–Crippen MR) is 86.7 cm³/mol. The number of aromatic nitrogens is 2. The molecule has 0 unspecified atom stereocenters. The first-order valence-corrected chi connectivity index (χ1v) is 7.12. The van der Waals surface area contributed by atoms with Gasteiger partial charge in [-0.1, -0.05) is 12.1 Å². The molecule has 23 heavy (non-hydrogen) atoms. The number of ether oxygens (including phenoxy) is 2. The van der Waals surface area contributed by atoms with Crippen molar-refractivity contribution in [3.8, 4) is 11.5 Å². The van der Waals surface area contributed by atoms with E-state index in [0.29, 0.717) is 24.0 Å². The molecule has 0 aliphatic heterocycles. The molecular weight excluding hydrogens is 296 g/mol. The number of hydrogen-bond acceptors (Lipinski definition) is 6. The van der Waals surface area contributed by atoms with E-state index in [4.69, 9.17) is 9.47 Å². The second kappa shape index (κ2) is 7.98. The lowest BCUT2D eigenvalue weighted by atomic mass is 10.3. The standard InChI is InChI=1S/C16H20N4O3/c1-20(2)16-17-9-8-12(19-16)10-18-15(21)11-23-14-7-5-4-6-13(14)22-3/h4-9H,10-11H2,1-3H3,(H,18,21). The van der Waals surface area contributed by atoms with Crippen LogP contribution in [0.5, 0.6) is 11.5 Å². The molecule has 1 amide bonds. The van der Waals surface area contributed by atoms with E-state index in [1.54, 1.807) is 36.4 Å². The fourth-order valence-electron chi connectivity index (χ4n) is 1.82. The molecular formula is C16H20N4O3. The summed E-state index contributed by atoms with van der Waals surface area (Å²) in [5.74, 6) is 1.48. The highest BCUT2D eigenvalue weighted by molar-refractivity contribution is 5.77. The van der Waals surface area contributed by atoms with Crippen LogP contribution in [0.15, 0.2) is 36.5 Å². The molecule has 7 heteroatoms. The Kier molecular flexibility index (Phi) is 5.74. The van der Waals surface area contributed by atoms with Gasteiger partial charge in [-0.2, -0.15) is 0 Å². The number of carbonyl (C=O) groups is 1. The smallest absolute Gasteiger partial charge is 0.258 e. The zero-order valence-corrected chi connectivity index (χ0v) is 13.4. The molecule has 0 saturated heterocycles. The summed E-state index contributed by atoms with van der Waals surface area (Å²) in [7, 11) is 5.28. The van der Waals surface area contributed by atoms with E-state index < -0.39 is 0 Å². The second-order valence-electron chi connectivity index (χ2n) is 4.96.